The molecule has 0 bridgehead atoms. The lowest BCUT2D eigenvalue weighted by Gasteiger charge is -2.48. The van der Waals surface area contributed by atoms with Gasteiger partial charge in [0.25, 0.3) is 0 Å². The normalized spacial score (nSPS) is 27.2. The first-order chi connectivity index (χ1) is 17.0. The molecule has 1 aromatic heterocycles. The van der Waals surface area contributed by atoms with Crippen LogP contribution in [-0.4, -0.2) is 73.4 Å². The van der Waals surface area contributed by atoms with Crippen molar-refractivity contribution in [3.63, 3.8) is 0 Å². The van der Waals surface area contributed by atoms with E-state index in [1.807, 2.05) is 23.1 Å². The Balaban J connectivity index is 1.21. The van der Waals surface area contributed by atoms with Crippen LogP contribution < -0.4 is 15.1 Å². The van der Waals surface area contributed by atoms with E-state index in [1.165, 1.54) is 5.56 Å². The lowest BCUT2D eigenvalue weighted by Crippen LogP contribution is -2.54. The smallest absolute Gasteiger partial charge is 0.322 e. The number of imidazole rings is 1. The Morgan fingerprint density at radius 2 is 1.74 bits per heavy atom. The highest BCUT2D eigenvalue weighted by atomic mass is 16.5. The van der Waals surface area contributed by atoms with Crippen LogP contribution in [0.25, 0.3) is 11.0 Å². The Hall–Kier alpha value is -3.10. The summed E-state index contributed by atoms with van der Waals surface area (Å²) < 4.78 is 5.46. The molecule has 8 nitrogen and oxygen atoms in total. The van der Waals surface area contributed by atoms with Crippen LogP contribution in [0.5, 0.6) is 0 Å². The van der Waals surface area contributed by atoms with Crippen LogP contribution in [0.15, 0.2) is 48.5 Å². The molecular weight excluding hydrogens is 440 g/mol. The zero-order chi connectivity index (χ0) is 24.0. The molecule has 35 heavy (non-hydrogen) atoms. The van der Waals surface area contributed by atoms with Crippen LogP contribution in [0.1, 0.15) is 31.2 Å². The quantitative estimate of drug-likeness (QED) is 0.603. The first-order valence-corrected chi connectivity index (χ1v) is 12.6. The lowest BCUT2D eigenvalue weighted by atomic mass is 9.69. The number of carbonyl (C=O) groups is 1. The Kier molecular flexibility index (Phi) is 5.45. The summed E-state index contributed by atoms with van der Waals surface area (Å²) in [5, 5.41) is 3.37. The highest BCUT2D eigenvalue weighted by Crippen LogP contribution is 2.46. The minimum Gasteiger partial charge on any atom is -0.378 e. The third-order valence-electron chi connectivity index (χ3n) is 8.36. The maximum Gasteiger partial charge on any atom is 0.322 e. The van der Waals surface area contributed by atoms with Gasteiger partial charge in [-0.2, -0.15) is 0 Å². The molecule has 3 aromatic rings. The van der Waals surface area contributed by atoms with E-state index in [1.54, 1.807) is 0 Å². The number of hydrogen-bond donors (Lipinski definition) is 2. The number of aromatic nitrogens is 2. The predicted octanol–water partition coefficient (Wildman–Crippen LogP) is 3.70. The van der Waals surface area contributed by atoms with Crippen LogP contribution in [-0.2, 0) is 10.3 Å². The number of urea groups is 1. The third-order valence-corrected chi connectivity index (χ3v) is 8.36. The summed E-state index contributed by atoms with van der Waals surface area (Å²) >= 11 is 0. The molecule has 2 saturated heterocycles. The van der Waals surface area contributed by atoms with Gasteiger partial charge >= 0.3 is 6.03 Å². The van der Waals surface area contributed by atoms with Crippen molar-refractivity contribution in [2.45, 2.75) is 36.8 Å². The van der Waals surface area contributed by atoms with Crippen molar-refractivity contribution in [2.24, 2.45) is 0 Å². The number of carbonyl (C=O) groups excluding carboxylic acids is 1. The third kappa shape index (κ3) is 3.85. The van der Waals surface area contributed by atoms with Crippen molar-refractivity contribution >= 4 is 28.7 Å². The van der Waals surface area contributed by atoms with Crippen molar-refractivity contribution in [3.8, 4) is 0 Å². The molecule has 1 aliphatic carbocycles. The van der Waals surface area contributed by atoms with Gasteiger partial charge in [-0.1, -0.05) is 30.3 Å². The first-order valence-electron chi connectivity index (χ1n) is 12.6. The second-order valence-electron chi connectivity index (χ2n) is 10.4. The zero-order valence-electron chi connectivity index (χ0n) is 20.6. The molecule has 2 aromatic carbocycles. The Labute approximate surface area is 206 Å². The zero-order valence-corrected chi connectivity index (χ0v) is 20.6. The molecular formula is C27H34N6O2. The van der Waals surface area contributed by atoms with Crippen molar-refractivity contribution in [1.29, 1.82) is 0 Å². The fourth-order valence-corrected chi connectivity index (χ4v) is 6.16. The summed E-state index contributed by atoms with van der Waals surface area (Å²) in [5.41, 5.74) is 3.96. The molecule has 0 radical (unpaired) electrons. The lowest BCUT2D eigenvalue weighted by molar-refractivity contribution is 0.0658. The van der Waals surface area contributed by atoms with Crippen molar-refractivity contribution in [1.82, 2.24) is 20.2 Å². The summed E-state index contributed by atoms with van der Waals surface area (Å²) in [7, 11) is 4.35. The fraction of sp³-hybridized carbons (Fsp3) is 0.481. The molecule has 3 heterocycles. The maximum atomic E-state index is 13.2. The van der Waals surface area contributed by atoms with E-state index in [2.05, 4.69) is 64.5 Å². The van der Waals surface area contributed by atoms with Gasteiger partial charge in [-0.05, 0) is 63.5 Å². The molecule has 2 aliphatic heterocycles. The predicted molar refractivity (Wildman–Crippen MR) is 138 cm³/mol. The number of rotatable bonds is 4. The number of fused-ring (bicyclic) bond motifs is 1. The average molecular weight is 475 g/mol. The van der Waals surface area contributed by atoms with E-state index >= 15 is 0 Å². The molecule has 1 spiro atoms. The molecule has 3 fully saturated rings. The highest BCUT2D eigenvalue weighted by molar-refractivity contribution is 5.97. The number of nitrogens with zero attached hydrogens (tertiary/aromatic N) is 4. The Morgan fingerprint density at radius 3 is 2.46 bits per heavy atom. The van der Waals surface area contributed by atoms with Gasteiger partial charge in [0, 0.05) is 24.3 Å². The van der Waals surface area contributed by atoms with Crippen molar-refractivity contribution in [3.05, 3.63) is 54.1 Å². The average Bonchev–Trinajstić information content (AvgIpc) is 3.46. The highest BCUT2D eigenvalue weighted by Gasteiger charge is 2.50. The van der Waals surface area contributed by atoms with E-state index in [0.29, 0.717) is 6.54 Å². The SMILES string of the molecule is CN(C)C1(c2ccccc2)CCC2(CC1)CN(c1ccc3[nH]c(N4CCOCC4)nc3c1)C(=O)N2. The van der Waals surface area contributed by atoms with E-state index in [0.717, 1.165) is 74.7 Å². The number of amides is 2. The van der Waals surface area contributed by atoms with Crippen LogP contribution in [0.4, 0.5) is 16.4 Å². The standard InChI is InChI=1S/C27H34N6O2/c1-31(2)27(20-6-4-3-5-7-20)12-10-26(11-13-27)19-33(25(34)30-26)21-8-9-22-23(18-21)29-24(28-22)32-14-16-35-17-15-32/h3-9,18H,10-17,19H2,1-2H3,(H,28,29)(H,30,34). The second kappa shape index (κ2) is 8.53. The molecule has 184 valence electrons. The molecule has 0 unspecified atom stereocenters. The van der Waals surface area contributed by atoms with E-state index in [-0.39, 0.29) is 17.1 Å². The molecule has 1 saturated carbocycles. The van der Waals surface area contributed by atoms with E-state index in [9.17, 15) is 4.79 Å². The van der Waals surface area contributed by atoms with Gasteiger partial charge in [-0.25, -0.2) is 9.78 Å². The van der Waals surface area contributed by atoms with Crippen LogP contribution in [0, 0.1) is 0 Å². The molecule has 8 heteroatoms. The van der Waals surface area contributed by atoms with Crippen LogP contribution in [0.2, 0.25) is 0 Å². The number of nitrogens with one attached hydrogen (secondary N) is 2. The summed E-state index contributed by atoms with van der Waals surface area (Å²) in [4.78, 5) is 27.9. The number of H-pyrrole nitrogens is 1. The van der Waals surface area contributed by atoms with Crippen molar-refractivity contribution < 1.29 is 9.53 Å². The molecule has 3 aliphatic rings. The van der Waals surface area contributed by atoms with E-state index in [4.69, 9.17) is 9.72 Å². The van der Waals surface area contributed by atoms with Crippen molar-refractivity contribution in [2.75, 3.05) is 56.7 Å². The number of ether oxygens (including phenoxy) is 1. The van der Waals surface area contributed by atoms with Crippen LogP contribution >= 0.6 is 0 Å². The second-order valence-corrected chi connectivity index (χ2v) is 10.4. The van der Waals surface area contributed by atoms with Gasteiger partial charge in [0.1, 0.15) is 0 Å². The monoisotopic (exact) mass is 474 g/mol. The topological polar surface area (TPSA) is 76.7 Å². The van der Waals surface area contributed by atoms with E-state index < -0.39 is 0 Å². The number of morpholine rings is 1. The Bertz CT molecular complexity index is 1210. The summed E-state index contributed by atoms with van der Waals surface area (Å²) in [5.74, 6) is 0.871. The van der Waals surface area contributed by atoms with Gasteiger partial charge in [-0.15, -0.1) is 0 Å². The maximum absolute atomic E-state index is 13.2. The summed E-state index contributed by atoms with van der Waals surface area (Å²) in [6.45, 7) is 3.80. The summed E-state index contributed by atoms with van der Waals surface area (Å²) in [6, 6.07) is 16.9. The molecule has 0 atom stereocenters. The molecule has 6 rings (SSSR count). The summed E-state index contributed by atoms with van der Waals surface area (Å²) in [6.07, 6.45) is 3.93. The number of anilines is 2. The largest absolute Gasteiger partial charge is 0.378 e. The fourth-order valence-electron chi connectivity index (χ4n) is 6.16. The van der Waals surface area contributed by atoms with Gasteiger partial charge in [0.15, 0.2) is 0 Å². The van der Waals surface area contributed by atoms with Gasteiger partial charge in [-0.3, -0.25) is 9.80 Å². The number of benzene rings is 2. The van der Waals surface area contributed by atoms with Gasteiger partial charge in [0.05, 0.1) is 36.3 Å². The first kappa shape index (κ1) is 22.4. The Morgan fingerprint density at radius 1 is 1.00 bits per heavy atom. The number of hydrogen-bond acceptors (Lipinski definition) is 5. The van der Waals surface area contributed by atoms with Gasteiger partial charge in [0.2, 0.25) is 5.95 Å². The minimum absolute atomic E-state index is 0.00844. The molecule has 2 amide bonds. The van der Waals surface area contributed by atoms with Gasteiger partial charge < -0.3 is 19.9 Å². The minimum atomic E-state index is -0.190. The number of aromatic amines is 1. The van der Waals surface area contributed by atoms with Crippen LogP contribution in [0.3, 0.4) is 0 Å². The molecule has 2 N–H and O–H groups in total.